The molecule has 1 aromatic carbocycles. The highest BCUT2D eigenvalue weighted by Crippen LogP contribution is 2.36. The molecule has 0 radical (unpaired) electrons. The van der Waals surface area contributed by atoms with Crippen LogP contribution in [0.1, 0.15) is 38.5 Å². The molecule has 2 fully saturated rings. The first-order chi connectivity index (χ1) is 14.5. The Kier molecular flexibility index (Phi) is 7.98. The number of rotatable bonds is 8. The Morgan fingerprint density at radius 2 is 1.80 bits per heavy atom. The van der Waals surface area contributed by atoms with E-state index in [1.165, 1.54) is 13.8 Å². The predicted octanol–water partition coefficient (Wildman–Crippen LogP) is 2.67. The molecule has 1 unspecified atom stereocenters. The molecule has 6 atom stereocenters. The Bertz CT molecular complexity index is 721. The second kappa shape index (κ2) is 10.7. The number of allylic oxidation sites excluding steroid dienone is 1. The quantitative estimate of drug-likeness (QED) is 0.360. The summed E-state index contributed by atoms with van der Waals surface area (Å²) in [5.41, 5.74) is 0.823. The number of carbonyl (C=O) groups excluding carboxylic acids is 2. The van der Waals surface area contributed by atoms with Crippen LogP contribution in [0.4, 0.5) is 0 Å². The molecule has 0 bridgehead atoms. The number of fused-ring (bicyclic) bond motifs is 1. The molecule has 2 aliphatic heterocycles. The maximum Gasteiger partial charge on any atom is 0.303 e. The lowest BCUT2D eigenvalue weighted by Gasteiger charge is -2.48. The van der Waals surface area contributed by atoms with Gasteiger partial charge < -0.3 is 28.4 Å². The Labute approximate surface area is 176 Å². The number of hydrogen-bond acceptors (Lipinski definition) is 8. The van der Waals surface area contributed by atoms with Crippen LogP contribution in [-0.4, -0.2) is 55.9 Å². The van der Waals surface area contributed by atoms with Crippen LogP contribution in [0.15, 0.2) is 43.0 Å². The highest BCUT2D eigenvalue weighted by molar-refractivity contribution is 5.67. The van der Waals surface area contributed by atoms with Crippen molar-refractivity contribution in [2.45, 2.75) is 63.7 Å². The van der Waals surface area contributed by atoms with Gasteiger partial charge in [-0.25, -0.2) is 0 Å². The summed E-state index contributed by atoms with van der Waals surface area (Å²) in [5, 5.41) is 0. The van der Waals surface area contributed by atoms with Crippen molar-refractivity contribution in [3.63, 3.8) is 0 Å². The minimum absolute atomic E-state index is 0.210. The van der Waals surface area contributed by atoms with E-state index >= 15 is 0 Å². The van der Waals surface area contributed by atoms with Crippen LogP contribution in [0.5, 0.6) is 0 Å². The first-order valence-corrected chi connectivity index (χ1v) is 10.0. The van der Waals surface area contributed by atoms with E-state index in [9.17, 15) is 9.59 Å². The SMILES string of the molecule is C=CCCCO[C@H]1O[C@@H]2COC(c3ccccc3)O[C@H]2[C@H](OC(C)=O)[C@H]1OC(C)=O. The summed E-state index contributed by atoms with van der Waals surface area (Å²) in [6.07, 6.45) is -1.38. The first kappa shape index (κ1) is 22.4. The average molecular weight is 420 g/mol. The number of unbranched alkanes of at least 4 members (excludes halogenated alkanes) is 1. The molecule has 0 aromatic heterocycles. The molecule has 8 nitrogen and oxygen atoms in total. The second-order valence-electron chi connectivity index (χ2n) is 7.17. The van der Waals surface area contributed by atoms with Crippen molar-refractivity contribution in [3.05, 3.63) is 48.6 Å². The van der Waals surface area contributed by atoms with Gasteiger partial charge >= 0.3 is 11.9 Å². The van der Waals surface area contributed by atoms with Gasteiger partial charge in [-0.05, 0) is 12.8 Å². The fraction of sp³-hybridized carbons (Fsp3) is 0.545. The normalized spacial score (nSPS) is 30.7. The van der Waals surface area contributed by atoms with Crippen molar-refractivity contribution in [1.82, 2.24) is 0 Å². The summed E-state index contributed by atoms with van der Waals surface area (Å²) < 4.78 is 34.8. The van der Waals surface area contributed by atoms with Crippen LogP contribution in [0.3, 0.4) is 0 Å². The fourth-order valence-corrected chi connectivity index (χ4v) is 3.53. The molecule has 0 spiro atoms. The Morgan fingerprint density at radius 1 is 1.10 bits per heavy atom. The third kappa shape index (κ3) is 5.66. The zero-order valence-corrected chi connectivity index (χ0v) is 17.2. The van der Waals surface area contributed by atoms with Crippen LogP contribution >= 0.6 is 0 Å². The van der Waals surface area contributed by atoms with Gasteiger partial charge in [0.25, 0.3) is 0 Å². The van der Waals surface area contributed by atoms with Gasteiger partial charge in [0, 0.05) is 19.4 Å². The molecule has 30 heavy (non-hydrogen) atoms. The molecular formula is C22H28O8. The highest BCUT2D eigenvalue weighted by atomic mass is 16.8. The van der Waals surface area contributed by atoms with Crippen LogP contribution in [0.2, 0.25) is 0 Å². The van der Waals surface area contributed by atoms with Gasteiger partial charge in [-0.3, -0.25) is 9.59 Å². The number of carbonyl (C=O) groups is 2. The first-order valence-electron chi connectivity index (χ1n) is 10.0. The van der Waals surface area contributed by atoms with Gasteiger partial charge in [-0.1, -0.05) is 36.4 Å². The van der Waals surface area contributed by atoms with Gasteiger partial charge in [0.05, 0.1) is 13.2 Å². The minimum Gasteiger partial charge on any atom is -0.455 e. The third-order valence-electron chi connectivity index (χ3n) is 4.79. The maximum absolute atomic E-state index is 11.8. The van der Waals surface area contributed by atoms with E-state index in [0.29, 0.717) is 6.61 Å². The predicted molar refractivity (Wildman–Crippen MR) is 105 cm³/mol. The van der Waals surface area contributed by atoms with Gasteiger partial charge in [0.15, 0.2) is 24.8 Å². The number of benzene rings is 1. The molecule has 1 aromatic rings. The summed E-state index contributed by atoms with van der Waals surface area (Å²) in [6, 6.07) is 9.41. The van der Waals surface area contributed by atoms with E-state index in [1.54, 1.807) is 6.08 Å². The Balaban J connectivity index is 1.81. The van der Waals surface area contributed by atoms with E-state index < -0.39 is 48.9 Å². The smallest absolute Gasteiger partial charge is 0.303 e. The molecule has 2 saturated heterocycles. The molecule has 8 heteroatoms. The largest absolute Gasteiger partial charge is 0.455 e. The molecule has 0 amide bonds. The van der Waals surface area contributed by atoms with Crippen molar-refractivity contribution in [2.24, 2.45) is 0 Å². The van der Waals surface area contributed by atoms with Crippen LogP contribution in [0.25, 0.3) is 0 Å². The number of esters is 2. The molecule has 2 aliphatic rings. The van der Waals surface area contributed by atoms with Gasteiger partial charge in [0.2, 0.25) is 0 Å². The molecule has 0 N–H and O–H groups in total. The van der Waals surface area contributed by atoms with Crippen molar-refractivity contribution >= 4 is 11.9 Å². The lowest BCUT2D eigenvalue weighted by atomic mass is 9.97. The van der Waals surface area contributed by atoms with Crippen molar-refractivity contribution in [2.75, 3.05) is 13.2 Å². The van der Waals surface area contributed by atoms with Crippen molar-refractivity contribution < 1.29 is 38.0 Å². The van der Waals surface area contributed by atoms with Gasteiger partial charge in [0.1, 0.15) is 12.2 Å². The molecular weight excluding hydrogens is 392 g/mol. The zero-order valence-electron chi connectivity index (χ0n) is 17.2. The summed E-state index contributed by atoms with van der Waals surface area (Å²) in [5.74, 6) is -1.06. The average Bonchev–Trinajstić information content (AvgIpc) is 2.73. The van der Waals surface area contributed by atoms with Crippen molar-refractivity contribution in [1.29, 1.82) is 0 Å². The fourth-order valence-electron chi connectivity index (χ4n) is 3.53. The van der Waals surface area contributed by atoms with E-state index in [4.69, 9.17) is 28.4 Å². The summed E-state index contributed by atoms with van der Waals surface area (Å²) in [4.78, 5) is 23.6. The van der Waals surface area contributed by atoms with Gasteiger partial charge in [-0.2, -0.15) is 0 Å². The van der Waals surface area contributed by atoms with E-state index in [0.717, 1.165) is 18.4 Å². The monoisotopic (exact) mass is 420 g/mol. The Hall–Kier alpha value is -2.26. The molecule has 164 valence electrons. The third-order valence-corrected chi connectivity index (χ3v) is 4.79. The molecule has 2 heterocycles. The molecule has 3 rings (SSSR count). The van der Waals surface area contributed by atoms with Crippen molar-refractivity contribution in [3.8, 4) is 0 Å². The number of hydrogen-bond donors (Lipinski definition) is 0. The Morgan fingerprint density at radius 3 is 2.47 bits per heavy atom. The van der Waals surface area contributed by atoms with Crippen LogP contribution in [0, 0.1) is 0 Å². The zero-order chi connectivity index (χ0) is 21.5. The standard InChI is InChI=1S/C22H28O8/c1-4-5-9-12-25-22-20(28-15(3)24)19(27-14(2)23)18-17(29-22)13-26-21(30-18)16-10-7-6-8-11-16/h4,6-8,10-11,17-22H,1,5,9,12-13H2,2-3H3/t17-,18-,19+,20-,21?,22+/m1/s1. The molecule has 0 saturated carbocycles. The summed E-state index contributed by atoms with van der Waals surface area (Å²) in [7, 11) is 0. The maximum atomic E-state index is 11.8. The molecule has 0 aliphatic carbocycles. The van der Waals surface area contributed by atoms with E-state index in [2.05, 4.69) is 6.58 Å². The summed E-state index contributed by atoms with van der Waals surface area (Å²) >= 11 is 0. The topological polar surface area (TPSA) is 89.5 Å². The van der Waals surface area contributed by atoms with Crippen LogP contribution < -0.4 is 0 Å². The van der Waals surface area contributed by atoms with E-state index in [-0.39, 0.29) is 6.61 Å². The number of ether oxygens (including phenoxy) is 6. The highest BCUT2D eigenvalue weighted by Gasteiger charge is 2.53. The lowest BCUT2D eigenvalue weighted by Crippen LogP contribution is -2.64. The lowest BCUT2D eigenvalue weighted by molar-refractivity contribution is -0.362. The minimum atomic E-state index is -0.967. The van der Waals surface area contributed by atoms with Crippen LogP contribution in [-0.2, 0) is 38.0 Å². The van der Waals surface area contributed by atoms with Gasteiger partial charge in [-0.15, -0.1) is 6.58 Å². The second-order valence-corrected chi connectivity index (χ2v) is 7.17. The summed E-state index contributed by atoms with van der Waals surface area (Å²) in [6.45, 7) is 6.84. The van der Waals surface area contributed by atoms with E-state index in [1.807, 2.05) is 30.3 Å².